The Morgan fingerprint density at radius 1 is 0.929 bits per heavy atom. The van der Waals surface area contributed by atoms with E-state index in [4.69, 9.17) is 20.3 Å². The Morgan fingerprint density at radius 3 is 2.21 bits per heavy atom. The fourth-order valence-electron chi connectivity index (χ4n) is 2.22. The van der Waals surface area contributed by atoms with Crippen molar-refractivity contribution in [3.05, 3.63) is 53.6 Å². The van der Waals surface area contributed by atoms with Crippen LogP contribution in [-0.2, 0) is 20.7 Å². The quantitative estimate of drug-likeness (QED) is 0.293. The molecule has 2 rings (SSSR count). The van der Waals surface area contributed by atoms with Crippen molar-refractivity contribution < 1.29 is 34.4 Å². The van der Waals surface area contributed by atoms with Crippen molar-refractivity contribution in [2.45, 2.75) is 18.9 Å². The highest BCUT2D eigenvalue weighted by Gasteiger charge is 2.16. The molecule has 0 aromatic heterocycles. The molecule has 28 heavy (non-hydrogen) atoms. The van der Waals surface area contributed by atoms with E-state index in [1.807, 2.05) is 0 Å². The summed E-state index contributed by atoms with van der Waals surface area (Å²) in [6, 6.07) is 8.91. The van der Waals surface area contributed by atoms with Crippen molar-refractivity contribution in [3.63, 3.8) is 0 Å². The monoisotopic (exact) mass is 411 g/mol. The number of ether oxygens (including phenoxy) is 2. The lowest BCUT2D eigenvalue weighted by Gasteiger charge is -2.12. The summed E-state index contributed by atoms with van der Waals surface area (Å²) < 4.78 is 10.1. The molecule has 0 saturated heterocycles. The molecular weight excluding hydrogens is 390 g/mol. The van der Waals surface area contributed by atoms with Crippen LogP contribution in [-0.4, -0.2) is 46.5 Å². The zero-order valence-electron chi connectivity index (χ0n) is 14.9. The molecule has 0 spiro atoms. The first kappa shape index (κ1) is 23.1. The van der Waals surface area contributed by atoms with Gasteiger partial charge in [-0.2, -0.15) is 0 Å². The standard InChI is InChI=1S/C19H21NO7.ClH/c20-15(10-12-2-7-16(22)17(23)11-12)19(25)27-9-1-8-26-18(24)13-3-5-14(21)6-4-13;/h2-7,11,15,21-23H,1,8-10,20H2;1H/t15-;/m0./s1. The van der Waals surface area contributed by atoms with Crippen LogP contribution in [0.25, 0.3) is 0 Å². The number of nitrogens with two attached hydrogens (primary N) is 1. The Labute approximate surface area is 167 Å². The lowest BCUT2D eigenvalue weighted by Crippen LogP contribution is -2.34. The first-order valence-corrected chi connectivity index (χ1v) is 8.26. The summed E-state index contributed by atoms with van der Waals surface area (Å²) in [7, 11) is 0. The van der Waals surface area contributed by atoms with E-state index in [2.05, 4.69) is 0 Å². The molecule has 2 aromatic rings. The van der Waals surface area contributed by atoms with Gasteiger partial charge in [0.25, 0.3) is 0 Å². The van der Waals surface area contributed by atoms with Crippen LogP contribution in [0.1, 0.15) is 22.3 Å². The van der Waals surface area contributed by atoms with Gasteiger partial charge in [0.1, 0.15) is 11.8 Å². The summed E-state index contributed by atoms with van der Waals surface area (Å²) in [4.78, 5) is 23.6. The molecule has 0 heterocycles. The van der Waals surface area contributed by atoms with E-state index in [-0.39, 0.29) is 49.3 Å². The number of rotatable bonds is 8. The SMILES string of the molecule is Cl.N[C@@H](Cc1ccc(O)c(O)c1)C(=O)OCCCOC(=O)c1ccc(O)cc1. The summed E-state index contributed by atoms with van der Waals surface area (Å²) in [6.45, 7) is 0.101. The highest BCUT2D eigenvalue weighted by molar-refractivity contribution is 5.89. The highest BCUT2D eigenvalue weighted by atomic mass is 35.5. The van der Waals surface area contributed by atoms with E-state index in [0.717, 1.165) is 0 Å². The second kappa shape index (κ2) is 11.0. The number of hydrogen-bond donors (Lipinski definition) is 4. The molecule has 5 N–H and O–H groups in total. The molecule has 9 heteroatoms. The van der Waals surface area contributed by atoms with Gasteiger partial charge in [0.2, 0.25) is 0 Å². The molecule has 0 unspecified atom stereocenters. The van der Waals surface area contributed by atoms with E-state index in [9.17, 15) is 19.8 Å². The third-order valence-corrected chi connectivity index (χ3v) is 3.67. The Bertz CT molecular complexity index is 795. The summed E-state index contributed by atoms with van der Waals surface area (Å²) in [5.41, 5.74) is 6.65. The molecule has 2 aromatic carbocycles. The number of benzene rings is 2. The predicted molar refractivity (Wildman–Crippen MR) is 103 cm³/mol. The number of phenolic OH excluding ortho intramolecular Hbond substituents is 3. The van der Waals surface area contributed by atoms with Gasteiger partial charge in [-0.1, -0.05) is 6.07 Å². The minimum absolute atomic E-state index is 0. The van der Waals surface area contributed by atoms with Gasteiger partial charge in [0.15, 0.2) is 11.5 Å². The number of carbonyl (C=O) groups excluding carboxylic acids is 2. The molecule has 0 aliphatic rings. The van der Waals surface area contributed by atoms with Gasteiger partial charge in [0, 0.05) is 6.42 Å². The van der Waals surface area contributed by atoms with Crippen LogP contribution in [0.3, 0.4) is 0 Å². The molecule has 1 atom stereocenters. The number of halogens is 1. The van der Waals surface area contributed by atoms with Crippen molar-refractivity contribution in [1.29, 1.82) is 0 Å². The van der Waals surface area contributed by atoms with Crippen molar-refractivity contribution in [2.75, 3.05) is 13.2 Å². The summed E-state index contributed by atoms with van der Waals surface area (Å²) in [5.74, 6) is -1.64. The fourth-order valence-corrected chi connectivity index (χ4v) is 2.22. The smallest absolute Gasteiger partial charge is 0.338 e. The number of phenols is 3. The molecule has 0 bridgehead atoms. The third-order valence-electron chi connectivity index (χ3n) is 3.67. The van der Waals surface area contributed by atoms with Gasteiger partial charge in [0.05, 0.1) is 18.8 Å². The average molecular weight is 412 g/mol. The lowest BCUT2D eigenvalue weighted by molar-refractivity contribution is -0.145. The zero-order valence-corrected chi connectivity index (χ0v) is 15.7. The predicted octanol–water partition coefficient (Wildman–Crippen LogP) is 1.89. The van der Waals surface area contributed by atoms with Crippen molar-refractivity contribution in [3.8, 4) is 17.2 Å². The maximum atomic E-state index is 11.9. The minimum atomic E-state index is -0.923. The van der Waals surface area contributed by atoms with Crippen molar-refractivity contribution >= 4 is 24.3 Å². The van der Waals surface area contributed by atoms with Crippen LogP contribution in [0.15, 0.2) is 42.5 Å². The van der Waals surface area contributed by atoms with Crippen LogP contribution in [0.5, 0.6) is 17.2 Å². The fraction of sp³-hybridized carbons (Fsp3) is 0.263. The highest BCUT2D eigenvalue weighted by Crippen LogP contribution is 2.25. The molecule has 0 saturated carbocycles. The van der Waals surface area contributed by atoms with Crippen LogP contribution in [0.4, 0.5) is 0 Å². The summed E-state index contributed by atoms with van der Waals surface area (Å²) in [6.07, 6.45) is 0.449. The van der Waals surface area contributed by atoms with Gasteiger partial charge in [-0.3, -0.25) is 4.79 Å². The van der Waals surface area contributed by atoms with E-state index >= 15 is 0 Å². The molecule has 0 radical (unpaired) electrons. The topological polar surface area (TPSA) is 139 Å². The van der Waals surface area contributed by atoms with Gasteiger partial charge in [-0.15, -0.1) is 12.4 Å². The number of hydrogen-bond acceptors (Lipinski definition) is 8. The molecular formula is C19H22ClNO7. The Morgan fingerprint density at radius 2 is 1.57 bits per heavy atom. The molecule has 8 nitrogen and oxygen atoms in total. The second-order valence-corrected chi connectivity index (χ2v) is 5.84. The van der Waals surface area contributed by atoms with Gasteiger partial charge in [-0.05, 0) is 48.4 Å². The Hall–Kier alpha value is -2.97. The molecule has 152 valence electrons. The summed E-state index contributed by atoms with van der Waals surface area (Å²) >= 11 is 0. The first-order chi connectivity index (χ1) is 12.9. The molecule has 0 amide bonds. The van der Waals surface area contributed by atoms with E-state index < -0.39 is 18.0 Å². The normalized spacial score (nSPS) is 11.2. The molecule has 0 fully saturated rings. The largest absolute Gasteiger partial charge is 0.508 e. The third kappa shape index (κ3) is 6.98. The zero-order chi connectivity index (χ0) is 19.8. The van der Waals surface area contributed by atoms with Crippen molar-refractivity contribution in [1.82, 2.24) is 0 Å². The number of esters is 2. The maximum Gasteiger partial charge on any atom is 0.338 e. The minimum Gasteiger partial charge on any atom is -0.508 e. The number of aromatic hydroxyl groups is 3. The van der Waals surface area contributed by atoms with Crippen LogP contribution >= 0.6 is 12.4 Å². The molecule has 0 aliphatic carbocycles. The molecule has 0 aliphatic heterocycles. The first-order valence-electron chi connectivity index (χ1n) is 8.26. The van der Waals surface area contributed by atoms with Crippen LogP contribution in [0, 0.1) is 0 Å². The lowest BCUT2D eigenvalue weighted by atomic mass is 10.1. The Kier molecular flexibility index (Phi) is 9.07. The maximum absolute atomic E-state index is 11.9. The van der Waals surface area contributed by atoms with Crippen LogP contribution < -0.4 is 5.73 Å². The van der Waals surface area contributed by atoms with E-state index in [1.165, 1.54) is 36.4 Å². The average Bonchev–Trinajstić information content (AvgIpc) is 2.64. The summed E-state index contributed by atoms with van der Waals surface area (Å²) in [5, 5.41) is 27.9. The van der Waals surface area contributed by atoms with Gasteiger partial charge < -0.3 is 30.5 Å². The van der Waals surface area contributed by atoms with Gasteiger partial charge >= 0.3 is 11.9 Å². The van der Waals surface area contributed by atoms with E-state index in [0.29, 0.717) is 17.5 Å². The van der Waals surface area contributed by atoms with E-state index in [1.54, 1.807) is 6.07 Å². The van der Waals surface area contributed by atoms with Crippen molar-refractivity contribution in [2.24, 2.45) is 5.73 Å². The second-order valence-electron chi connectivity index (χ2n) is 5.84. The Balaban J connectivity index is 0.00000392. The van der Waals surface area contributed by atoms with Gasteiger partial charge in [-0.25, -0.2) is 4.79 Å². The van der Waals surface area contributed by atoms with Crippen LogP contribution in [0.2, 0.25) is 0 Å². The number of carbonyl (C=O) groups is 2.